The lowest BCUT2D eigenvalue weighted by atomic mass is 10.1. The molecule has 0 fully saturated rings. The van der Waals surface area contributed by atoms with E-state index in [2.05, 4.69) is 41.6 Å². The highest BCUT2D eigenvalue weighted by Crippen LogP contribution is 2.24. The number of aryl methyl sites for hydroxylation is 2. The first-order valence-electron chi connectivity index (χ1n) is 10.3. The topological polar surface area (TPSA) is 67.2 Å². The van der Waals surface area contributed by atoms with Crippen LogP contribution in [0.1, 0.15) is 38.4 Å². The number of hydrogen-bond donors (Lipinski definition) is 1. The Hall–Kier alpha value is -3.38. The fraction of sp³-hybridized carbons (Fsp3) is 0.240. The summed E-state index contributed by atoms with van der Waals surface area (Å²) < 4.78 is 1.94. The number of amides is 2. The molecule has 0 radical (unpaired) electrons. The van der Waals surface area contributed by atoms with Gasteiger partial charge < -0.3 is 10.2 Å². The number of halogens is 1. The summed E-state index contributed by atoms with van der Waals surface area (Å²) >= 11 is 6.21. The molecule has 0 bridgehead atoms. The van der Waals surface area contributed by atoms with Gasteiger partial charge in [0.1, 0.15) is 0 Å². The van der Waals surface area contributed by atoms with Crippen molar-refractivity contribution in [2.24, 2.45) is 0 Å². The van der Waals surface area contributed by atoms with E-state index in [1.807, 2.05) is 18.5 Å². The number of nitrogens with one attached hydrogen (secondary N) is 1. The van der Waals surface area contributed by atoms with Gasteiger partial charge in [-0.05, 0) is 50.6 Å². The van der Waals surface area contributed by atoms with Crippen LogP contribution in [-0.2, 0) is 11.3 Å². The minimum Gasteiger partial charge on any atom is -0.345 e. The Bertz CT molecular complexity index is 1180. The predicted molar refractivity (Wildman–Crippen MR) is 129 cm³/mol. The minimum absolute atomic E-state index is 0.167. The van der Waals surface area contributed by atoms with Gasteiger partial charge in [0.05, 0.1) is 22.9 Å². The van der Waals surface area contributed by atoms with Gasteiger partial charge in [-0.25, -0.2) is 0 Å². The van der Waals surface area contributed by atoms with Crippen LogP contribution >= 0.6 is 11.6 Å². The molecule has 1 heterocycles. The Morgan fingerprint density at radius 2 is 1.78 bits per heavy atom. The summed E-state index contributed by atoms with van der Waals surface area (Å²) in [5.41, 5.74) is 5.93. The molecule has 6 nitrogen and oxygen atoms in total. The molecular formula is C25H27ClN4O2. The molecule has 0 saturated heterocycles. The normalized spacial score (nSPS) is 11.1. The Labute approximate surface area is 193 Å². The zero-order valence-electron chi connectivity index (χ0n) is 18.9. The van der Waals surface area contributed by atoms with Gasteiger partial charge in [0.2, 0.25) is 5.91 Å². The van der Waals surface area contributed by atoms with Crippen LogP contribution < -0.4 is 5.32 Å². The number of anilines is 1. The number of nitrogens with zero attached hydrogens (tertiary/aromatic N) is 3. The standard InChI is InChI=1S/C25H27ClN4O2/c1-16-6-8-19(9-7-16)15-30-18(3)21(17(2)28-30)11-13-24(31)27-23-14-20(10-12-22(23)26)25(32)29(4)5/h6-14H,15H2,1-5H3,(H,27,31)/b13-11+. The summed E-state index contributed by atoms with van der Waals surface area (Å²) in [6.07, 6.45) is 3.20. The largest absolute Gasteiger partial charge is 0.345 e. The lowest BCUT2D eigenvalue weighted by Crippen LogP contribution is -2.21. The fourth-order valence-corrected chi connectivity index (χ4v) is 3.48. The second-order valence-corrected chi connectivity index (χ2v) is 8.35. The van der Waals surface area contributed by atoms with E-state index >= 15 is 0 Å². The molecule has 0 saturated carbocycles. The SMILES string of the molecule is Cc1ccc(Cn2nc(C)c(/C=C/C(=O)Nc3cc(C(=O)N(C)C)ccc3Cl)c2C)cc1. The summed E-state index contributed by atoms with van der Waals surface area (Å²) in [4.78, 5) is 26.2. The summed E-state index contributed by atoms with van der Waals surface area (Å²) in [5, 5.41) is 7.73. The number of rotatable bonds is 6. The van der Waals surface area contributed by atoms with Gasteiger partial charge in [-0.1, -0.05) is 41.4 Å². The summed E-state index contributed by atoms with van der Waals surface area (Å²) in [5.74, 6) is -0.508. The van der Waals surface area contributed by atoms with E-state index in [-0.39, 0.29) is 11.8 Å². The van der Waals surface area contributed by atoms with E-state index in [0.717, 1.165) is 22.5 Å². The van der Waals surface area contributed by atoms with Crippen LogP contribution in [0.2, 0.25) is 5.02 Å². The number of hydrogen-bond acceptors (Lipinski definition) is 3. The second-order valence-electron chi connectivity index (χ2n) is 7.94. The molecule has 7 heteroatoms. The molecule has 0 aliphatic rings. The van der Waals surface area contributed by atoms with Crippen LogP contribution in [0.5, 0.6) is 0 Å². The van der Waals surface area contributed by atoms with E-state index in [4.69, 9.17) is 11.6 Å². The number of carbonyl (C=O) groups is 2. The van der Waals surface area contributed by atoms with Crippen LogP contribution in [0.15, 0.2) is 48.5 Å². The summed E-state index contributed by atoms with van der Waals surface area (Å²) in [6, 6.07) is 13.1. The minimum atomic E-state index is -0.341. The van der Waals surface area contributed by atoms with Crippen LogP contribution in [0.3, 0.4) is 0 Å². The molecule has 32 heavy (non-hydrogen) atoms. The zero-order valence-corrected chi connectivity index (χ0v) is 19.7. The van der Waals surface area contributed by atoms with Crippen molar-refractivity contribution in [3.63, 3.8) is 0 Å². The smallest absolute Gasteiger partial charge is 0.253 e. The van der Waals surface area contributed by atoms with E-state index in [9.17, 15) is 9.59 Å². The number of benzene rings is 2. The van der Waals surface area contributed by atoms with Gasteiger partial charge in [0.15, 0.2) is 0 Å². The second kappa shape index (κ2) is 9.83. The lowest BCUT2D eigenvalue weighted by molar-refractivity contribution is -0.111. The number of carbonyl (C=O) groups excluding carboxylic acids is 2. The molecule has 3 rings (SSSR count). The maximum atomic E-state index is 12.5. The van der Waals surface area contributed by atoms with Gasteiger partial charge in [0.25, 0.3) is 5.91 Å². The van der Waals surface area contributed by atoms with Crippen LogP contribution in [0.25, 0.3) is 6.08 Å². The van der Waals surface area contributed by atoms with Gasteiger partial charge in [0, 0.05) is 37.0 Å². The lowest BCUT2D eigenvalue weighted by Gasteiger charge is -2.12. The summed E-state index contributed by atoms with van der Waals surface area (Å²) in [6.45, 7) is 6.63. The summed E-state index contributed by atoms with van der Waals surface area (Å²) in [7, 11) is 3.34. The van der Waals surface area contributed by atoms with Crippen molar-refractivity contribution in [2.75, 3.05) is 19.4 Å². The molecule has 166 valence electrons. The zero-order chi connectivity index (χ0) is 23.4. The van der Waals surface area contributed by atoms with Gasteiger partial charge in [-0.2, -0.15) is 5.10 Å². The highest BCUT2D eigenvalue weighted by atomic mass is 35.5. The molecule has 0 spiro atoms. The molecular weight excluding hydrogens is 424 g/mol. The Morgan fingerprint density at radius 1 is 1.09 bits per heavy atom. The number of aromatic nitrogens is 2. The van der Waals surface area contributed by atoms with Crippen molar-refractivity contribution in [1.29, 1.82) is 0 Å². The maximum Gasteiger partial charge on any atom is 0.253 e. The van der Waals surface area contributed by atoms with Gasteiger partial charge >= 0.3 is 0 Å². The molecule has 2 amide bonds. The van der Waals surface area contributed by atoms with Crippen molar-refractivity contribution in [1.82, 2.24) is 14.7 Å². The third-order valence-electron chi connectivity index (χ3n) is 5.17. The van der Waals surface area contributed by atoms with Crippen molar-refractivity contribution >= 4 is 35.2 Å². The third kappa shape index (κ3) is 5.45. The average Bonchev–Trinajstić information content (AvgIpc) is 3.01. The highest BCUT2D eigenvalue weighted by molar-refractivity contribution is 6.34. The first-order valence-corrected chi connectivity index (χ1v) is 10.6. The van der Waals surface area contributed by atoms with E-state index in [1.54, 1.807) is 38.4 Å². The first-order chi connectivity index (χ1) is 15.2. The fourth-order valence-electron chi connectivity index (χ4n) is 3.32. The quantitative estimate of drug-likeness (QED) is 0.545. The van der Waals surface area contributed by atoms with E-state index < -0.39 is 0 Å². The average molecular weight is 451 g/mol. The van der Waals surface area contributed by atoms with Crippen molar-refractivity contribution in [2.45, 2.75) is 27.3 Å². The first kappa shape index (κ1) is 23.3. The van der Waals surface area contributed by atoms with Gasteiger partial charge in [-0.15, -0.1) is 0 Å². The highest BCUT2D eigenvalue weighted by Gasteiger charge is 2.13. The molecule has 1 aromatic heterocycles. The van der Waals surface area contributed by atoms with Crippen molar-refractivity contribution in [3.8, 4) is 0 Å². The Balaban J connectivity index is 1.75. The Kier molecular flexibility index (Phi) is 7.15. The molecule has 0 atom stereocenters. The van der Waals surface area contributed by atoms with Crippen LogP contribution in [0.4, 0.5) is 5.69 Å². The molecule has 0 aliphatic heterocycles. The monoisotopic (exact) mass is 450 g/mol. The maximum absolute atomic E-state index is 12.5. The third-order valence-corrected chi connectivity index (χ3v) is 5.50. The van der Waals surface area contributed by atoms with Gasteiger partial charge in [-0.3, -0.25) is 14.3 Å². The Morgan fingerprint density at radius 3 is 2.44 bits per heavy atom. The van der Waals surface area contributed by atoms with E-state index in [0.29, 0.717) is 22.8 Å². The van der Waals surface area contributed by atoms with E-state index in [1.165, 1.54) is 16.5 Å². The predicted octanol–water partition coefficient (Wildman–Crippen LogP) is 4.86. The molecule has 1 N–H and O–H groups in total. The molecule has 0 unspecified atom stereocenters. The van der Waals surface area contributed by atoms with Crippen molar-refractivity contribution in [3.05, 3.63) is 87.2 Å². The van der Waals surface area contributed by atoms with Crippen LogP contribution in [-0.4, -0.2) is 40.6 Å². The molecule has 3 aromatic rings. The van der Waals surface area contributed by atoms with Crippen LogP contribution in [0, 0.1) is 20.8 Å². The molecule has 2 aromatic carbocycles. The molecule has 0 aliphatic carbocycles. The van der Waals surface area contributed by atoms with Crippen molar-refractivity contribution < 1.29 is 9.59 Å².